The molecule has 0 aliphatic heterocycles. The van der Waals surface area contributed by atoms with E-state index in [1.165, 1.54) is 22.7 Å². The zero-order chi connectivity index (χ0) is 16.2. The van der Waals surface area contributed by atoms with Gasteiger partial charge in [-0.25, -0.2) is 0 Å². The minimum atomic E-state index is -0.604. The summed E-state index contributed by atoms with van der Waals surface area (Å²) in [6.45, 7) is 0.409. The highest BCUT2D eigenvalue weighted by atomic mass is 35.5. The van der Waals surface area contributed by atoms with Crippen molar-refractivity contribution in [2.24, 2.45) is 0 Å². The fourth-order valence-electron chi connectivity index (χ4n) is 2.13. The molecule has 0 bridgehead atoms. The molecule has 118 valence electrons. The average molecular weight is 364 g/mol. The van der Waals surface area contributed by atoms with Gasteiger partial charge in [-0.15, -0.1) is 22.7 Å². The number of aliphatic hydroxyl groups is 1. The van der Waals surface area contributed by atoms with Crippen LogP contribution in [0, 0.1) is 0 Å². The van der Waals surface area contributed by atoms with Crippen LogP contribution in [0.1, 0.15) is 31.1 Å². The van der Waals surface area contributed by atoms with Crippen LogP contribution in [0.2, 0.25) is 5.02 Å². The molecule has 23 heavy (non-hydrogen) atoms. The van der Waals surface area contributed by atoms with Gasteiger partial charge in [0.05, 0.1) is 17.1 Å². The second-order valence-electron chi connectivity index (χ2n) is 4.88. The van der Waals surface area contributed by atoms with E-state index in [0.29, 0.717) is 17.1 Å². The van der Waals surface area contributed by atoms with Crippen LogP contribution in [-0.4, -0.2) is 11.0 Å². The normalized spacial score (nSPS) is 12.1. The molecule has 0 aliphatic carbocycles. The number of carbonyl (C=O) groups is 1. The van der Waals surface area contributed by atoms with Crippen molar-refractivity contribution in [1.29, 1.82) is 0 Å². The summed E-state index contributed by atoms with van der Waals surface area (Å²) in [5, 5.41) is 15.5. The number of hydrogen-bond donors (Lipinski definition) is 2. The van der Waals surface area contributed by atoms with Crippen molar-refractivity contribution in [3.8, 4) is 0 Å². The van der Waals surface area contributed by atoms with Crippen LogP contribution in [-0.2, 0) is 6.54 Å². The van der Waals surface area contributed by atoms with E-state index in [9.17, 15) is 9.90 Å². The number of hydrogen-bond acceptors (Lipinski definition) is 4. The number of rotatable bonds is 5. The molecule has 2 heterocycles. The van der Waals surface area contributed by atoms with E-state index in [1.54, 1.807) is 24.3 Å². The average Bonchev–Trinajstić information content (AvgIpc) is 3.24. The Bertz CT molecular complexity index is 799. The van der Waals surface area contributed by atoms with E-state index in [4.69, 9.17) is 11.6 Å². The van der Waals surface area contributed by atoms with Crippen molar-refractivity contribution in [2.75, 3.05) is 0 Å². The van der Waals surface area contributed by atoms with Gasteiger partial charge < -0.3 is 10.4 Å². The Labute approximate surface area is 147 Å². The molecule has 1 atom stereocenters. The number of thiophene rings is 2. The molecule has 1 unspecified atom stereocenters. The van der Waals surface area contributed by atoms with Crippen molar-refractivity contribution in [1.82, 2.24) is 5.32 Å². The molecule has 0 fully saturated rings. The molecule has 0 radical (unpaired) electrons. The smallest absolute Gasteiger partial charge is 0.253 e. The van der Waals surface area contributed by atoms with Gasteiger partial charge in [0.25, 0.3) is 5.91 Å². The number of halogens is 1. The lowest BCUT2D eigenvalue weighted by Gasteiger charge is -2.06. The van der Waals surface area contributed by atoms with Crippen molar-refractivity contribution in [3.05, 3.63) is 79.1 Å². The van der Waals surface area contributed by atoms with Crippen molar-refractivity contribution >= 4 is 40.2 Å². The predicted molar refractivity (Wildman–Crippen MR) is 95.3 cm³/mol. The fraction of sp³-hybridized carbons (Fsp3) is 0.118. The maximum atomic E-state index is 12.1. The van der Waals surface area contributed by atoms with Crippen LogP contribution in [0.15, 0.2) is 53.9 Å². The third kappa shape index (κ3) is 3.82. The largest absolute Gasteiger partial charge is 0.382 e. The van der Waals surface area contributed by atoms with Crippen LogP contribution >= 0.6 is 34.3 Å². The molecule has 2 aromatic heterocycles. The summed E-state index contributed by atoms with van der Waals surface area (Å²) >= 11 is 9.03. The van der Waals surface area contributed by atoms with Crippen LogP contribution in [0.5, 0.6) is 0 Å². The number of aliphatic hydroxyl groups excluding tert-OH is 1. The highest BCUT2D eigenvalue weighted by molar-refractivity contribution is 7.12. The van der Waals surface area contributed by atoms with Crippen molar-refractivity contribution in [3.63, 3.8) is 0 Å². The number of amides is 1. The van der Waals surface area contributed by atoms with Gasteiger partial charge in [0.1, 0.15) is 6.10 Å². The molecule has 2 N–H and O–H groups in total. The lowest BCUT2D eigenvalue weighted by molar-refractivity contribution is 0.0951. The summed E-state index contributed by atoms with van der Waals surface area (Å²) in [7, 11) is 0. The summed E-state index contributed by atoms with van der Waals surface area (Å²) in [6.07, 6.45) is -0.604. The monoisotopic (exact) mass is 363 g/mol. The highest BCUT2D eigenvalue weighted by Crippen LogP contribution is 2.30. The standard InChI is InChI=1S/C17H14ClNO2S2/c18-13-5-2-1-4-12(13)17(21)19-10-11-7-8-15(23-11)16(20)14-6-3-9-22-14/h1-9,16,20H,10H2,(H,19,21). The Balaban J connectivity index is 1.64. The van der Waals surface area contributed by atoms with Gasteiger partial charge in [0, 0.05) is 14.6 Å². The first-order chi connectivity index (χ1) is 11.1. The molecule has 0 spiro atoms. The first-order valence-electron chi connectivity index (χ1n) is 6.98. The molecule has 1 aromatic carbocycles. The third-order valence-corrected chi connectivity index (χ3v) is 5.70. The minimum Gasteiger partial charge on any atom is -0.382 e. The van der Waals surface area contributed by atoms with Gasteiger partial charge >= 0.3 is 0 Å². The Kier molecular flexibility index (Phi) is 5.13. The lowest BCUT2D eigenvalue weighted by atomic mass is 10.2. The molecule has 0 aliphatic rings. The van der Waals surface area contributed by atoms with E-state index in [1.807, 2.05) is 29.6 Å². The summed E-state index contributed by atoms with van der Waals surface area (Å²) < 4.78 is 0. The van der Waals surface area contributed by atoms with E-state index >= 15 is 0 Å². The third-order valence-electron chi connectivity index (χ3n) is 3.31. The van der Waals surface area contributed by atoms with E-state index < -0.39 is 6.10 Å². The van der Waals surface area contributed by atoms with E-state index in [2.05, 4.69) is 5.32 Å². The van der Waals surface area contributed by atoms with Gasteiger partial charge in [-0.05, 0) is 35.7 Å². The zero-order valence-corrected chi connectivity index (χ0v) is 14.4. The highest BCUT2D eigenvalue weighted by Gasteiger charge is 2.15. The van der Waals surface area contributed by atoms with Gasteiger partial charge in [0.15, 0.2) is 0 Å². The molecule has 3 nitrogen and oxygen atoms in total. The molecule has 3 rings (SSSR count). The first kappa shape index (κ1) is 16.2. The quantitative estimate of drug-likeness (QED) is 0.702. The Hall–Kier alpha value is -1.66. The molecule has 1 amide bonds. The predicted octanol–water partition coefficient (Wildman–Crippen LogP) is 4.47. The van der Waals surface area contributed by atoms with Crippen LogP contribution in [0.4, 0.5) is 0 Å². The molecule has 0 saturated carbocycles. The molecular formula is C17H14ClNO2S2. The van der Waals surface area contributed by atoms with Gasteiger partial charge in [0.2, 0.25) is 0 Å². The van der Waals surface area contributed by atoms with E-state index in [-0.39, 0.29) is 5.91 Å². The second-order valence-corrected chi connectivity index (χ2v) is 7.47. The molecule has 3 aromatic rings. The maximum Gasteiger partial charge on any atom is 0.253 e. The second kappa shape index (κ2) is 7.27. The van der Waals surface area contributed by atoms with Crippen molar-refractivity contribution < 1.29 is 9.90 Å². The summed E-state index contributed by atoms with van der Waals surface area (Å²) in [5.41, 5.74) is 0.463. The molecular weight excluding hydrogens is 350 g/mol. The topological polar surface area (TPSA) is 49.3 Å². The SMILES string of the molecule is O=C(NCc1ccc(C(O)c2cccs2)s1)c1ccccc1Cl. The fourth-order valence-corrected chi connectivity index (χ4v) is 4.11. The maximum absolute atomic E-state index is 12.1. The van der Waals surface area contributed by atoms with E-state index in [0.717, 1.165) is 14.6 Å². The summed E-state index contributed by atoms with van der Waals surface area (Å²) in [6, 6.07) is 14.6. The van der Waals surface area contributed by atoms with Gasteiger partial charge in [-0.3, -0.25) is 4.79 Å². The van der Waals surface area contributed by atoms with Crippen molar-refractivity contribution in [2.45, 2.75) is 12.6 Å². The van der Waals surface area contributed by atoms with Crippen LogP contribution in [0.3, 0.4) is 0 Å². The zero-order valence-electron chi connectivity index (χ0n) is 12.0. The number of benzene rings is 1. The van der Waals surface area contributed by atoms with Crippen LogP contribution < -0.4 is 5.32 Å². The van der Waals surface area contributed by atoms with Gasteiger partial charge in [-0.1, -0.05) is 29.8 Å². The number of carbonyl (C=O) groups excluding carboxylic acids is 1. The lowest BCUT2D eigenvalue weighted by Crippen LogP contribution is -2.22. The number of nitrogens with one attached hydrogen (secondary N) is 1. The van der Waals surface area contributed by atoms with Crippen LogP contribution in [0.25, 0.3) is 0 Å². The van der Waals surface area contributed by atoms with Gasteiger partial charge in [-0.2, -0.15) is 0 Å². The Morgan fingerprint density at radius 3 is 2.70 bits per heavy atom. The molecule has 0 saturated heterocycles. The minimum absolute atomic E-state index is 0.204. The summed E-state index contributed by atoms with van der Waals surface area (Å²) in [5.74, 6) is -0.204. The Morgan fingerprint density at radius 1 is 1.13 bits per heavy atom. The molecule has 6 heteroatoms. The summed E-state index contributed by atoms with van der Waals surface area (Å²) in [4.78, 5) is 14.9. The Morgan fingerprint density at radius 2 is 1.96 bits per heavy atom. The first-order valence-corrected chi connectivity index (χ1v) is 9.05.